The van der Waals surface area contributed by atoms with Gasteiger partial charge < -0.3 is 9.64 Å². The fourth-order valence-electron chi connectivity index (χ4n) is 7.33. The largest absolute Gasteiger partial charge is 0.466 e. The summed E-state index contributed by atoms with van der Waals surface area (Å²) in [5.41, 5.74) is -2.51. The third-order valence-electron chi connectivity index (χ3n) is 9.78. The number of pyridine rings is 1. The predicted molar refractivity (Wildman–Crippen MR) is 158 cm³/mol. The van der Waals surface area contributed by atoms with Gasteiger partial charge in [-0.2, -0.15) is 18.3 Å². The van der Waals surface area contributed by atoms with Crippen LogP contribution in [0.15, 0.2) is 18.6 Å². The Balaban J connectivity index is 1.46. The van der Waals surface area contributed by atoms with E-state index in [2.05, 4.69) is 10.1 Å². The minimum absolute atomic E-state index is 0.00835. The fourth-order valence-corrected chi connectivity index (χ4v) is 7.88. The van der Waals surface area contributed by atoms with Crippen LogP contribution in [0.3, 0.4) is 0 Å². The highest BCUT2D eigenvalue weighted by Gasteiger charge is 2.49. The molecule has 1 amide bonds. The van der Waals surface area contributed by atoms with E-state index < -0.39 is 46.6 Å². The Morgan fingerprint density at radius 3 is 2.23 bits per heavy atom. The van der Waals surface area contributed by atoms with Crippen LogP contribution < -0.4 is 0 Å². The number of hydrogen-bond donors (Lipinski definition) is 0. The number of ether oxygens (including phenoxy) is 1. The number of esters is 1. The van der Waals surface area contributed by atoms with Crippen molar-refractivity contribution in [2.75, 3.05) is 13.2 Å². The average molecular weight is 658 g/mol. The normalized spacial score (nSPS) is 26.5. The predicted octanol–water partition coefficient (Wildman–Crippen LogP) is 7.58. The van der Waals surface area contributed by atoms with Crippen LogP contribution in [0.4, 0.5) is 13.2 Å². The number of likely N-dealkylation sites (tertiary alicyclic amines) is 1. The summed E-state index contributed by atoms with van der Waals surface area (Å²) in [6.07, 6.45) is 5.23. The van der Waals surface area contributed by atoms with Crippen LogP contribution in [0.1, 0.15) is 111 Å². The van der Waals surface area contributed by atoms with Crippen molar-refractivity contribution in [2.45, 2.75) is 96.3 Å². The molecule has 8 nitrogen and oxygen atoms in total. The lowest BCUT2D eigenvalue weighted by molar-refractivity contribution is -0.157. The second-order valence-electron chi connectivity index (χ2n) is 12.6. The number of nitrogens with zero attached hydrogens (tertiary/aromatic N) is 4. The molecule has 0 unspecified atom stereocenters. The van der Waals surface area contributed by atoms with E-state index in [0.717, 1.165) is 43.0 Å². The molecular weight excluding hydrogens is 620 g/mol. The summed E-state index contributed by atoms with van der Waals surface area (Å²) in [5, 5.41) is 4.13. The first-order valence-electron chi connectivity index (χ1n) is 15.3. The summed E-state index contributed by atoms with van der Waals surface area (Å²) in [6.45, 7) is 3.85. The van der Waals surface area contributed by atoms with Crippen LogP contribution in [0, 0.1) is 17.3 Å². The van der Waals surface area contributed by atoms with E-state index in [4.69, 9.17) is 27.9 Å². The standard InChI is InChI=1S/C31H37Cl2F3N4O4/c1-3-44-29(43)30(2)11-9-20(10-12-30)40-27(31(34,35)36)21(14-38-40)28(42)39-17-19(18-7-5-4-6-8-18)13-24(39)26(41)25-22(32)15-37-16-23(25)33/h14-16,18-20,24H,3-13,17H2,1-2H3/t19-,20-,24-,30-/m1/s1. The second kappa shape index (κ2) is 13.0. The Labute approximate surface area is 264 Å². The number of ketones is 1. The molecular formula is C31H37Cl2F3N4O4. The Morgan fingerprint density at radius 1 is 1.00 bits per heavy atom. The van der Waals surface area contributed by atoms with Gasteiger partial charge in [0.15, 0.2) is 11.5 Å². The van der Waals surface area contributed by atoms with Gasteiger partial charge in [-0.15, -0.1) is 0 Å². The van der Waals surface area contributed by atoms with E-state index in [0.29, 0.717) is 19.3 Å². The van der Waals surface area contributed by atoms with Gasteiger partial charge in [0.2, 0.25) is 0 Å². The molecule has 0 radical (unpaired) electrons. The van der Waals surface area contributed by atoms with Crippen molar-refractivity contribution in [3.05, 3.63) is 45.5 Å². The van der Waals surface area contributed by atoms with Gasteiger partial charge in [0.05, 0.1) is 51.5 Å². The molecule has 1 aliphatic heterocycles. The molecule has 240 valence electrons. The summed E-state index contributed by atoms with van der Waals surface area (Å²) in [4.78, 5) is 45.6. The third-order valence-corrected chi connectivity index (χ3v) is 10.4. The number of carbonyl (C=O) groups excluding carboxylic acids is 3. The lowest BCUT2D eigenvalue weighted by Gasteiger charge is -2.36. The van der Waals surface area contributed by atoms with Crippen molar-refractivity contribution in [2.24, 2.45) is 17.3 Å². The topological polar surface area (TPSA) is 94.4 Å². The Hall–Kier alpha value is -2.66. The van der Waals surface area contributed by atoms with Crippen molar-refractivity contribution in [1.82, 2.24) is 19.7 Å². The zero-order chi connectivity index (χ0) is 31.8. The number of rotatable bonds is 7. The smallest absolute Gasteiger partial charge is 0.433 e. The monoisotopic (exact) mass is 656 g/mol. The summed E-state index contributed by atoms with van der Waals surface area (Å²) in [5.74, 6) is -1.55. The van der Waals surface area contributed by atoms with Gasteiger partial charge in [-0.1, -0.05) is 55.3 Å². The highest BCUT2D eigenvalue weighted by Crippen LogP contribution is 2.45. The van der Waals surface area contributed by atoms with E-state index in [9.17, 15) is 27.6 Å². The first-order valence-corrected chi connectivity index (χ1v) is 16.1. The lowest BCUT2D eigenvalue weighted by Crippen LogP contribution is -2.41. The molecule has 13 heteroatoms. The fraction of sp³-hybridized carbons (Fsp3) is 0.645. The third kappa shape index (κ3) is 6.36. The van der Waals surface area contributed by atoms with Crippen LogP contribution in [0.25, 0.3) is 0 Å². The number of halogens is 5. The summed E-state index contributed by atoms with van der Waals surface area (Å²) >= 11 is 12.6. The highest BCUT2D eigenvalue weighted by molar-refractivity contribution is 6.40. The van der Waals surface area contributed by atoms with Gasteiger partial charge in [-0.05, 0) is 57.8 Å². The maximum atomic E-state index is 14.7. The molecule has 3 fully saturated rings. The Bertz CT molecular complexity index is 1380. The molecule has 2 saturated carbocycles. The number of aromatic nitrogens is 3. The van der Waals surface area contributed by atoms with E-state index in [-0.39, 0.29) is 59.4 Å². The Morgan fingerprint density at radius 2 is 1.64 bits per heavy atom. The molecule has 0 spiro atoms. The zero-order valence-electron chi connectivity index (χ0n) is 24.8. The van der Waals surface area contributed by atoms with Gasteiger partial charge in [-0.25, -0.2) is 0 Å². The molecule has 1 saturated heterocycles. The molecule has 5 rings (SSSR count). The number of alkyl halides is 3. The summed E-state index contributed by atoms with van der Waals surface area (Å²) in [6, 6.07) is -1.69. The molecule has 0 N–H and O–H groups in total. The molecule has 2 aromatic rings. The molecule has 0 aromatic carbocycles. The molecule has 2 aromatic heterocycles. The van der Waals surface area contributed by atoms with Crippen molar-refractivity contribution in [3.8, 4) is 0 Å². The first-order chi connectivity index (χ1) is 20.9. The van der Waals surface area contributed by atoms with Crippen LogP contribution >= 0.6 is 23.2 Å². The van der Waals surface area contributed by atoms with Crippen LogP contribution in [-0.4, -0.2) is 56.5 Å². The van der Waals surface area contributed by atoms with Gasteiger partial charge in [-0.3, -0.25) is 24.0 Å². The maximum Gasteiger partial charge on any atom is 0.433 e. The number of hydrogen-bond acceptors (Lipinski definition) is 6. The van der Waals surface area contributed by atoms with E-state index in [1.165, 1.54) is 17.3 Å². The van der Waals surface area contributed by atoms with Crippen molar-refractivity contribution >= 4 is 40.9 Å². The highest BCUT2D eigenvalue weighted by atomic mass is 35.5. The lowest BCUT2D eigenvalue weighted by atomic mass is 9.74. The van der Waals surface area contributed by atoms with Gasteiger partial charge in [0, 0.05) is 18.9 Å². The van der Waals surface area contributed by atoms with Crippen molar-refractivity contribution < 1.29 is 32.3 Å². The zero-order valence-corrected chi connectivity index (χ0v) is 26.4. The van der Waals surface area contributed by atoms with Crippen LogP contribution in [0.2, 0.25) is 10.0 Å². The first kappa shape index (κ1) is 32.7. The van der Waals surface area contributed by atoms with Gasteiger partial charge in [0.25, 0.3) is 5.91 Å². The molecule has 44 heavy (non-hydrogen) atoms. The SMILES string of the molecule is CCOC(=O)[C@]1(C)CC[C@@H](n2ncc(C(=O)N3C[C@H](C4CCCCC4)C[C@@H]3C(=O)c3c(Cl)cncc3Cl)c2C(F)(F)F)CC1. The molecule has 2 aliphatic carbocycles. The maximum absolute atomic E-state index is 14.7. The number of carbonyl (C=O) groups is 3. The minimum atomic E-state index is -4.89. The number of Topliss-reactive ketones (excluding diaryl/α,β-unsaturated/α-hetero) is 1. The molecule has 3 aliphatic rings. The molecule has 0 bridgehead atoms. The van der Waals surface area contributed by atoms with Crippen LogP contribution in [0.5, 0.6) is 0 Å². The summed E-state index contributed by atoms with van der Waals surface area (Å²) < 4.78 is 50.2. The van der Waals surface area contributed by atoms with E-state index >= 15 is 0 Å². The quantitative estimate of drug-likeness (QED) is 0.225. The van der Waals surface area contributed by atoms with E-state index in [1.54, 1.807) is 13.8 Å². The number of amides is 1. The van der Waals surface area contributed by atoms with Crippen molar-refractivity contribution in [1.29, 1.82) is 0 Å². The van der Waals surface area contributed by atoms with Gasteiger partial charge >= 0.3 is 12.1 Å². The minimum Gasteiger partial charge on any atom is -0.466 e. The van der Waals surface area contributed by atoms with Gasteiger partial charge in [0.1, 0.15) is 0 Å². The molecule has 3 heterocycles. The average Bonchev–Trinajstić information content (AvgIpc) is 3.64. The van der Waals surface area contributed by atoms with E-state index in [1.807, 2.05) is 0 Å². The molecule has 2 atom stereocenters. The second-order valence-corrected chi connectivity index (χ2v) is 13.4. The summed E-state index contributed by atoms with van der Waals surface area (Å²) in [7, 11) is 0. The Kier molecular flexibility index (Phi) is 9.66. The van der Waals surface area contributed by atoms with Crippen molar-refractivity contribution in [3.63, 3.8) is 0 Å². The van der Waals surface area contributed by atoms with Crippen LogP contribution in [-0.2, 0) is 15.7 Å².